The van der Waals surface area contributed by atoms with Gasteiger partial charge in [0, 0.05) is 37.0 Å². The van der Waals surface area contributed by atoms with Gasteiger partial charge in [0.1, 0.15) is 5.69 Å². The van der Waals surface area contributed by atoms with Gasteiger partial charge in [-0.1, -0.05) is 0 Å². The minimum absolute atomic E-state index is 0.116. The zero-order chi connectivity index (χ0) is 22.1. The van der Waals surface area contributed by atoms with Crippen molar-refractivity contribution in [1.29, 1.82) is 0 Å². The second-order valence-electron chi connectivity index (χ2n) is 7.51. The number of benzene rings is 1. The van der Waals surface area contributed by atoms with E-state index in [2.05, 4.69) is 10.4 Å². The summed E-state index contributed by atoms with van der Waals surface area (Å²) in [5, 5.41) is 18.0. The molecule has 1 amide bonds. The number of hydrogen-bond acceptors (Lipinski definition) is 5. The number of alkyl halides is 3. The molecule has 162 valence electrons. The Morgan fingerprint density at radius 1 is 1.33 bits per heavy atom. The minimum Gasteiger partial charge on any atom is -0.364 e. The third kappa shape index (κ3) is 4.71. The quantitative estimate of drug-likeness (QED) is 0.581. The Bertz CT molecular complexity index is 942. The van der Waals surface area contributed by atoms with Gasteiger partial charge in [0.25, 0.3) is 11.6 Å². The van der Waals surface area contributed by atoms with Crippen molar-refractivity contribution in [3.63, 3.8) is 0 Å². The zero-order valence-corrected chi connectivity index (χ0v) is 16.5. The number of anilines is 1. The maximum atomic E-state index is 12.8. The van der Waals surface area contributed by atoms with Crippen LogP contribution in [0.1, 0.15) is 48.8 Å². The van der Waals surface area contributed by atoms with Crippen molar-refractivity contribution >= 4 is 17.3 Å². The van der Waals surface area contributed by atoms with E-state index in [1.807, 2.05) is 0 Å². The van der Waals surface area contributed by atoms with Gasteiger partial charge in [0.2, 0.25) is 0 Å². The van der Waals surface area contributed by atoms with Gasteiger partial charge in [0.15, 0.2) is 5.69 Å². The van der Waals surface area contributed by atoms with Gasteiger partial charge in [-0.3, -0.25) is 19.6 Å². The maximum absolute atomic E-state index is 12.8. The van der Waals surface area contributed by atoms with Gasteiger partial charge in [-0.05, 0) is 44.9 Å². The van der Waals surface area contributed by atoms with Gasteiger partial charge in [-0.15, -0.1) is 0 Å². The third-order valence-electron chi connectivity index (χ3n) is 4.86. The predicted octanol–water partition coefficient (Wildman–Crippen LogP) is 3.79. The average Bonchev–Trinajstić information content (AvgIpc) is 3.18. The molecule has 0 radical (unpaired) electrons. The molecule has 1 aliphatic rings. The molecule has 1 aromatic heterocycles. The first-order chi connectivity index (χ1) is 14.1. The number of halogens is 3. The summed E-state index contributed by atoms with van der Waals surface area (Å²) in [5.74, 6) is -0.410. The van der Waals surface area contributed by atoms with Crippen LogP contribution in [0.3, 0.4) is 0 Å². The van der Waals surface area contributed by atoms with Crippen molar-refractivity contribution in [3.05, 3.63) is 51.8 Å². The lowest BCUT2D eigenvalue weighted by Crippen LogP contribution is -2.37. The van der Waals surface area contributed by atoms with Crippen LogP contribution in [-0.4, -0.2) is 39.7 Å². The van der Waals surface area contributed by atoms with Crippen molar-refractivity contribution in [1.82, 2.24) is 15.1 Å². The molecule has 0 aliphatic carbocycles. The molecule has 30 heavy (non-hydrogen) atoms. The fourth-order valence-corrected chi connectivity index (χ4v) is 3.51. The Labute approximate surface area is 170 Å². The number of piperidine rings is 1. The van der Waals surface area contributed by atoms with E-state index in [0.29, 0.717) is 25.1 Å². The predicted molar refractivity (Wildman–Crippen MR) is 103 cm³/mol. The highest BCUT2D eigenvalue weighted by Gasteiger charge is 2.35. The molecular weight excluding hydrogens is 403 g/mol. The van der Waals surface area contributed by atoms with E-state index in [9.17, 15) is 28.1 Å². The minimum atomic E-state index is -4.52. The largest absolute Gasteiger partial charge is 0.435 e. The highest BCUT2D eigenvalue weighted by atomic mass is 19.4. The number of nitrogens with one attached hydrogen (secondary N) is 1. The summed E-state index contributed by atoms with van der Waals surface area (Å²) in [6.45, 7) is 4.36. The first-order valence-electron chi connectivity index (χ1n) is 9.53. The smallest absolute Gasteiger partial charge is 0.364 e. The van der Waals surface area contributed by atoms with Gasteiger partial charge >= 0.3 is 6.18 Å². The van der Waals surface area contributed by atoms with Gasteiger partial charge in [-0.25, -0.2) is 0 Å². The zero-order valence-electron chi connectivity index (χ0n) is 16.5. The van der Waals surface area contributed by atoms with Crippen LogP contribution in [0.2, 0.25) is 0 Å². The van der Waals surface area contributed by atoms with E-state index in [0.717, 1.165) is 6.07 Å². The monoisotopic (exact) mass is 425 g/mol. The van der Waals surface area contributed by atoms with E-state index < -0.39 is 22.7 Å². The maximum Gasteiger partial charge on any atom is 0.435 e. The SMILES string of the molecule is CC(C)NC(=O)c1ccc(N2CCCC(n3ccc(C(F)(F)F)n3)C2)c([N+](=O)[O-])c1. The van der Waals surface area contributed by atoms with Gasteiger partial charge in [0.05, 0.1) is 11.0 Å². The molecule has 1 unspecified atom stereocenters. The van der Waals surface area contributed by atoms with E-state index in [4.69, 9.17) is 0 Å². The van der Waals surface area contributed by atoms with E-state index in [1.165, 1.54) is 29.1 Å². The molecule has 0 bridgehead atoms. The second kappa shape index (κ2) is 8.33. The van der Waals surface area contributed by atoms with Crippen molar-refractivity contribution in [2.75, 3.05) is 18.0 Å². The molecule has 2 heterocycles. The van der Waals surface area contributed by atoms with E-state index in [-0.39, 0.29) is 29.9 Å². The summed E-state index contributed by atoms with van der Waals surface area (Å²) in [7, 11) is 0. The summed E-state index contributed by atoms with van der Waals surface area (Å²) in [6, 6.07) is 4.71. The molecule has 11 heteroatoms. The number of hydrogen-bond donors (Lipinski definition) is 1. The van der Waals surface area contributed by atoms with Crippen LogP contribution in [0, 0.1) is 10.1 Å². The summed E-state index contributed by atoms with van der Waals surface area (Å²) < 4.78 is 39.8. The van der Waals surface area contributed by atoms with Crippen LogP contribution in [0.25, 0.3) is 0 Å². The highest BCUT2D eigenvalue weighted by Crippen LogP contribution is 2.34. The topological polar surface area (TPSA) is 93.3 Å². The average molecular weight is 425 g/mol. The lowest BCUT2D eigenvalue weighted by Gasteiger charge is -2.34. The Kier molecular flexibility index (Phi) is 5.99. The standard InChI is InChI=1S/C19H22F3N5O3/c1-12(2)23-18(28)13-5-6-15(16(10-13)27(29)30)25-8-3-4-14(11-25)26-9-7-17(24-26)19(20,21)22/h5-7,9-10,12,14H,3-4,8,11H2,1-2H3,(H,23,28). The van der Waals surface area contributed by atoms with Crippen molar-refractivity contribution in [2.45, 2.75) is 44.9 Å². The lowest BCUT2D eigenvalue weighted by molar-refractivity contribution is -0.384. The van der Waals surface area contributed by atoms with E-state index in [1.54, 1.807) is 18.7 Å². The Hall–Kier alpha value is -3.11. The molecule has 1 aliphatic heterocycles. The molecule has 8 nitrogen and oxygen atoms in total. The first-order valence-corrected chi connectivity index (χ1v) is 9.53. The molecule has 1 aromatic carbocycles. The van der Waals surface area contributed by atoms with Crippen molar-refractivity contribution in [2.24, 2.45) is 0 Å². The van der Waals surface area contributed by atoms with Crippen molar-refractivity contribution < 1.29 is 22.9 Å². The number of rotatable bonds is 5. The molecule has 1 atom stereocenters. The van der Waals surface area contributed by atoms with Crippen LogP contribution in [0.4, 0.5) is 24.5 Å². The van der Waals surface area contributed by atoms with Crippen LogP contribution in [0.15, 0.2) is 30.5 Å². The fourth-order valence-electron chi connectivity index (χ4n) is 3.51. The number of nitrogens with zero attached hydrogens (tertiary/aromatic N) is 4. The van der Waals surface area contributed by atoms with Gasteiger partial charge < -0.3 is 10.2 Å². The normalized spacial score (nSPS) is 17.3. The van der Waals surface area contributed by atoms with Crippen LogP contribution in [0.5, 0.6) is 0 Å². The number of nitro benzene ring substituents is 1. The Morgan fingerprint density at radius 3 is 2.67 bits per heavy atom. The lowest BCUT2D eigenvalue weighted by atomic mass is 10.0. The number of carbonyl (C=O) groups excluding carboxylic acids is 1. The molecule has 1 fully saturated rings. The second-order valence-corrected chi connectivity index (χ2v) is 7.51. The van der Waals surface area contributed by atoms with Gasteiger partial charge in [-0.2, -0.15) is 18.3 Å². The molecule has 0 spiro atoms. The van der Waals surface area contributed by atoms with Crippen LogP contribution in [-0.2, 0) is 6.18 Å². The summed E-state index contributed by atoms with van der Waals surface area (Å²) in [4.78, 5) is 25.0. The molecule has 2 aromatic rings. The Morgan fingerprint density at radius 2 is 2.07 bits per heavy atom. The van der Waals surface area contributed by atoms with E-state index >= 15 is 0 Å². The molecule has 0 saturated carbocycles. The van der Waals surface area contributed by atoms with Crippen LogP contribution < -0.4 is 10.2 Å². The molecule has 3 rings (SSSR count). The third-order valence-corrected chi connectivity index (χ3v) is 4.86. The summed E-state index contributed by atoms with van der Waals surface area (Å²) >= 11 is 0. The number of amides is 1. The number of nitro groups is 1. The number of aromatic nitrogens is 2. The summed E-state index contributed by atoms with van der Waals surface area (Å²) in [5.41, 5.74) is -0.682. The van der Waals surface area contributed by atoms with Crippen LogP contribution >= 0.6 is 0 Å². The molecular formula is C19H22F3N5O3. The molecule has 1 saturated heterocycles. The molecule has 1 N–H and O–H groups in total. The first kappa shape index (κ1) is 21.6. The fraction of sp³-hybridized carbons (Fsp3) is 0.474. The highest BCUT2D eigenvalue weighted by molar-refractivity contribution is 5.96. The van der Waals surface area contributed by atoms with Crippen molar-refractivity contribution in [3.8, 4) is 0 Å². The number of carbonyl (C=O) groups is 1. The Balaban J connectivity index is 1.85. The summed E-state index contributed by atoms with van der Waals surface area (Å²) in [6.07, 6.45) is -1.99.